The summed E-state index contributed by atoms with van der Waals surface area (Å²) in [7, 11) is -3.25. The van der Waals surface area contributed by atoms with Crippen molar-refractivity contribution in [2.45, 2.75) is 15.7 Å². The number of nitrogens with zero attached hydrogens (tertiary/aromatic N) is 2. The summed E-state index contributed by atoms with van der Waals surface area (Å²) in [6, 6.07) is 3.19. The highest BCUT2D eigenvalue weighted by molar-refractivity contribution is 8.01. The van der Waals surface area contributed by atoms with Gasteiger partial charge in [-0.2, -0.15) is 0 Å². The highest BCUT2D eigenvalue weighted by atomic mass is 32.2. The van der Waals surface area contributed by atoms with Gasteiger partial charge in [-0.15, -0.1) is 11.3 Å². The Balaban J connectivity index is 1.82. The van der Waals surface area contributed by atoms with Gasteiger partial charge in [0, 0.05) is 36.3 Å². The molecule has 2 aromatic rings. The molecule has 1 N–H and O–H groups in total. The third-order valence-corrected chi connectivity index (χ3v) is 5.60. The Morgan fingerprint density at radius 3 is 2.90 bits per heavy atom. The van der Waals surface area contributed by atoms with Crippen molar-refractivity contribution >= 4 is 38.8 Å². The molecule has 8 heteroatoms. The lowest BCUT2D eigenvalue weighted by Crippen LogP contribution is -2.09. The summed E-state index contributed by atoms with van der Waals surface area (Å²) < 4.78 is 24.3. The van der Waals surface area contributed by atoms with Gasteiger partial charge in [0.1, 0.15) is 15.1 Å². The van der Waals surface area contributed by atoms with Crippen molar-refractivity contribution in [2.75, 3.05) is 23.9 Å². The van der Waals surface area contributed by atoms with E-state index in [0.717, 1.165) is 16.5 Å². The van der Waals surface area contributed by atoms with Gasteiger partial charge in [-0.05, 0) is 18.6 Å². The molecule has 0 bridgehead atoms. The molecular weight excluding hydrogens is 314 g/mol. The predicted octanol–water partition coefficient (Wildman–Crippen LogP) is 2.54. The molecular formula is C12H15N3O2S3. The van der Waals surface area contributed by atoms with Gasteiger partial charge in [-0.3, -0.25) is 0 Å². The normalized spacial score (nSPS) is 11.4. The van der Waals surface area contributed by atoms with Crippen LogP contribution in [0.5, 0.6) is 0 Å². The van der Waals surface area contributed by atoms with E-state index >= 15 is 0 Å². The molecule has 2 rings (SSSR count). The maximum absolute atomic E-state index is 11.6. The van der Waals surface area contributed by atoms with Crippen LogP contribution < -0.4 is 5.32 Å². The van der Waals surface area contributed by atoms with E-state index in [4.69, 9.17) is 0 Å². The molecule has 0 atom stereocenters. The maximum atomic E-state index is 11.6. The van der Waals surface area contributed by atoms with Crippen LogP contribution in [0.25, 0.3) is 0 Å². The Kier molecular flexibility index (Phi) is 5.38. The summed E-state index contributed by atoms with van der Waals surface area (Å²) in [4.78, 5) is 8.52. The van der Waals surface area contributed by atoms with E-state index in [0.29, 0.717) is 12.4 Å². The van der Waals surface area contributed by atoms with Crippen molar-refractivity contribution in [3.8, 4) is 0 Å². The van der Waals surface area contributed by atoms with E-state index < -0.39 is 9.84 Å². The largest absolute Gasteiger partial charge is 0.369 e. The Hall–Kier alpha value is -1.12. The number of hydrogen-bond acceptors (Lipinski definition) is 7. The first-order chi connectivity index (χ1) is 9.57. The third-order valence-electron chi connectivity index (χ3n) is 2.42. The molecule has 0 saturated carbocycles. The molecule has 0 amide bonds. The zero-order valence-corrected chi connectivity index (χ0v) is 13.4. The van der Waals surface area contributed by atoms with Crippen LogP contribution in [0.4, 0.5) is 5.82 Å². The molecule has 2 aromatic heterocycles. The van der Waals surface area contributed by atoms with Crippen LogP contribution in [0.3, 0.4) is 0 Å². The Labute approximate surface area is 126 Å². The third kappa shape index (κ3) is 4.46. The van der Waals surface area contributed by atoms with Gasteiger partial charge in [0.05, 0.1) is 0 Å². The second kappa shape index (κ2) is 7.05. The smallest absolute Gasteiger partial charge is 0.179 e. The standard InChI is InChI=1S/C12H15N3O2S3/c1-20(16,17)10-4-2-5-13-11(10)14-6-3-8-18-12-15-7-9-19-12/h2,4-5,7,9H,3,6,8H2,1H3,(H,13,14). The molecule has 5 nitrogen and oxygen atoms in total. The van der Waals surface area contributed by atoms with Gasteiger partial charge < -0.3 is 5.32 Å². The van der Waals surface area contributed by atoms with Crippen LogP contribution in [0, 0.1) is 0 Å². The van der Waals surface area contributed by atoms with E-state index in [1.54, 1.807) is 47.6 Å². The quantitative estimate of drug-likeness (QED) is 0.622. The summed E-state index contributed by atoms with van der Waals surface area (Å²) in [5, 5.41) is 5.03. The van der Waals surface area contributed by atoms with Crippen LogP contribution in [0.1, 0.15) is 6.42 Å². The number of thioether (sulfide) groups is 1. The molecule has 20 heavy (non-hydrogen) atoms. The zero-order valence-electron chi connectivity index (χ0n) is 10.9. The number of anilines is 1. The summed E-state index contributed by atoms with van der Waals surface area (Å²) in [5.41, 5.74) is 0. The van der Waals surface area contributed by atoms with Crippen molar-refractivity contribution in [1.29, 1.82) is 0 Å². The summed E-state index contributed by atoms with van der Waals surface area (Å²) >= 11 is 3.32. The summed E-state index contributed by atoms with van der Waals surface area (Å²) in [6.45, 7) is 0.678. The topological polar surface area (TPSA) is 72.0 Å². The monoisotopic (exact) mass is 329 g/mol. The van der Waals surface area contributed by atoms with Crippen molar-refractivity contribution in [3.63, 3.8) is 0 Å². The molecule has 108 valence electrons. The molecule has 0 fully saturated rings. The fourth-order valence-electron chi connectivity index (χ4n) is 1.54. The minimum atomic E-state index is -3.25. The van der Waals surface area contributed by atoms with Gasteiger partial charge in [0.25, 0.3) is 0 Å². The van der Waals surface area contributed by atoms with Gasteiger partial charge in [0.15, 0.2) is 9.84 Å². The minimum absolute atomic E-state index is 0.243. The van der Waals surface area contributed by atoms with Crippen LogP contribution in [0.2, 0.25) is 0 Å². The molecule has 0 aliphatic carbocycles. The Bertz CT molecular complexity index is 642. The first kappa shape index (κ1) is 15.3. The number of thiazole rings is 1. The number of sulfone groups is 1. The maximum Gasteiger partial charge on any atom is 0.179 e. The van der Waals surface area contributed by atoms with Crippen molar-refractivity contribution in [2.24, 2.45) is 0 Å². The molecule has 0 aromatic carbocycles. The van der Waals surface area contributed by atoms with Gasteiger partial charge in [-0.1, -0.05) is 11.8 Å². The van der Waals surface area contributed by atoms with E-state index in [1.807, 2.05) is 5.38 Å². The number of aromatic nitrogens is 2. The van der Waals surface area contributed by atoms with E-state index in [-0.39, 0.29) is 4.90 Å². The van der Waals surface area contributed by atoms with Crippen LogP contribution in [-0.4, -0.2) is 36.9 Å². The predicted molar refractivity (Wildman–Crippen MR) is 83.3 cm³/mol. The van der Waals surface area contributed by atoms with Crippen molar-refractivity contribution in [3.05, 3.63) is 29.9 Å². The summed E-state index contributed by atoms with van der Waals surface area (Å²) in [6.07, 6.45) is 5.47. The fourth-order valence-corrected chi connectivity index (χ4v) is 3.99. The number of rotatable bonds is 7. The molecule has 0 radical (unpaired) electrons. The summed E-state index contributed by atoms with van der Waals surface area (Å²) in [5.74, 6) is 1.36. The highest BCUT2D eigenvalue weighted by Crippen LogP contribution is 2.21. The second-order valence-corrected chi connectivity index (χ2v) is 8.27. The molecule has 0 aliphatic heterocycles. The Morgan fingerprint density at radius 1 is 1.35 bits per heavy atom. The SMILES string of the molecule is CS(=O)(=O)c1cccnc1NCCCSc1nccs1. The van der Waals surface area contributed by atoms with Gasteiger partial charge >= 0.3 is 0 Å². The lowest BCUT2D eigenvalue weighted by atomic mass is 10.4. The molecule has 0 unspecified atom stereocenters. The average Bonchev–Trinajstić information content (AvgIpc) is 2.91. The highest BCUT2D eigenvalue weighted by Gasteiger charge is 2.13. The van der Waals surface area contributed by atoms with Crippen molar-refractivity contribution in [1.82, 2.24) is 9.97 Å². The van der Waals surface area contributed by atoms with Gasteiger partial charge in [0.2, 0.25) is 0 Å². The molecule has 2 heterocycles. The molecule has 0 saturated heterocycles. The number of hydrogen-bond donors (Lipinski definition) is 1. The van der Waals surface area contributed by atoms with E-state index in [1.165, 1.54) is 6.26 Å². The number of nitrogens with one attached hydrogen (secondary N) is 1. The lowest BCUT2D eigenvalue weighted by Gasteiger charge is -2.08. The van der Waals surface area contributed by atoms with Crippen LogP contribution in [0.15, 0.2) is 39.1 Å². The average molecular weight is 329 g/mol. The zero-order chi connectivity index (χ0) is 14.4. The molecule has 0 spiro atoms. The first-order valence-corrected chi connectivity index (χ1v) is 9.74. The number of pyridine rings is 1. The fraction of sp³-hybridized carbons (Fsp3) is 0.333. The minimum Gasteiger partial charge on any atom is -0.369 e. The lowest BCUT2D eigenvalue weighted by molar-refractivity contribution is 0.601. The first-order valence-electron chi connectivity index (χ1n) is 5.98. The second-order valence-electron chi connectivity index (χ2n) is 4.05. The van der Waals surface area contributed by atoms with E-state index in [2.05, 4.69) is 15.3 Å². The van der Waals surface area contributed by atoms with Gasteiger partial charge in [-0.25, -0.2) is 18.4 Å². The van der Waals surface area contributed by atoms with Crippen molar-refractivity contribution < 1.29 is 8.42 Å². The van der Waals surface area contributed by atoms with Crippen LogP contribution >= 0.6 is 23.1 Å². The Morgan fingerprint density at radius 2 is 2.20 bits per heavy atom. The van der Waals surface area contributed by atoms with Crippen LogP contribution in [-0.2, 0) is 9.84 Å². The molecule has 0 aliphatic rings. The van der Waals surface area contributed by atoms with E-state index in [9.17, 15) is 8.42 Å².